The van der Waals surface area contributed by atoms with Crippen LogP contribution in [0.4, 0.5) is 0 Å². The van der Waals surface area contributed by atoms with E-state index in [1.807, 2.05) is 36.4 Å². The Bertz CT molecular complexity index is 1210. The summed E-state index contributed by atoms with van der Waals surface area (Å²) < 4.78 is 12.8. The Morgan fingerprint density at radius 1 is 0.750 bits per heavy atom. The van der Waals surface area contributed by atoms with Crippen LogP contribution in [0.25, 0.3) is 16.8 Å². The van der Waals surface area contributed by atoms with Crippen LogP contribution >= 0.6 is 0 Å². The predicted octanol–water partition coefficient (Wildman–Crippen LogP) is 6.68. The standard InChI is InChI=1S/C26H18O2/c1-3-13-22-20(10-1)26(21-11-2-4-14-23(21)27-22)28-24-16-15-18-8-5-7-17-9-6-12-19(24)25(17)18/h1-11,13-16,26H,12H2. The van der Waals surface area contributed by atoms with Crippen LogP contribution in [0.1, 0.15) is 28.4 Å². The summed E-state index contributed by atoms with van der Waals surface area (Å²) in [6, 6.07) is 27.0. The first-order chi connectivity index (χ1) is 13.9. The van der Waals surface area contributed by atoms with Gasteiger partial charge in [-0.2, -0.15) is 0 Å². The van der Waals surface area contributed by atoms with Gasteiger partial charge in [-0.25, -0.2) is 0 Å². The number of fused-ring (bicyclic) bond motifs is 2. The summed E-state index contributed by atoms with van der Waals surface area (Å²) in [6.07, 6.45) is 5.12. The molecule has 0 saturated heterocycles. The molecule has 28 heavy (non-hydrogen) atoms. The van der Waals surface area contributed by atoms with Gasteiger partial charge >= 0.3 is 0 Å². The van der Waals surface area contributed by atoms with Gasteiger partial charge in [0, 0.05) is 16.7 Å². The molecule has 0 amide bonds. The third-order valence-corrected chi connectivity index (χ3v) is 5.63. The summed E-state index contributed by atoms with van der Waals surface area (Å²) in [7, 11) is 0. The Morgan fingerprint density at radius 2 is 1.50 bits per heavy atom. The molecule has 0 radical (unpaired) electrons. The van der Waals surface area contributed by atoms with Crippen molar-refractivity contribution in [3.63, 3.8) is 0 Å². The van der Waals surface area contributed by atoms with E-state index in [1.54, 1.807) is 0 Å². The molecular formula is C26H18O2. The molecule has 4 aromatic carbocycles. The quantitative estimate of drug-likeness (QED) is 0.396. The van der Waals surface area contributed by atoms with E-state index >= 15 is 0 Å². The summed E-state index contributed by atoms with van der Waals surface area (Å²) in [4.78, 5) is 0. The van der Waals surface area contributed by atoms with E-state index in [2.05, 4.69) is 54.6 Å². The van der Waals surface area contributed by atoms with Gasteiger partial charge in [0.2, 0.25) is 0 Å². The Kier molecular flexibility index (Phi) is 3.33. The largest absolute Gasteiger partial charge is 0.480 e. The molecular weight excluding hydrogens is 344 g/mol. The minimum Gasteiger partial charge on any atom is -0.480 e. The second kappa shape index (κ2) is 6.00. The first kappa shape index (κ1) is 15.5. The molecule has 2 nitrogen and oxygen atoms in total. The van der Waals surface area contributed by atoms with Crippen LogP contribution in [0.15, 0.2) is 84.9 Å². The molecule has 1 aliphatic heterocycles. The van der Waals surface area contributed by atoms with E-state index in [4.69, 9.17) is 9.47 Å². The van der Waals surface area contributed by atoms with Crippen molar-refractivity contribution >= 4 is 16.8 Å². The van der Waals surface area contributed by atoms with E-state index in [9.17, 15) is 0 Å². The summed E-state index contributed by atoms with van der Waals surface area (Å²) in [5.41, 5.74) is 4.65. The summed E-state index contributed by atoms with van der Waals surface area (Å²) in [5, 5.41) is 2.56. The highest BCUT2D eigenvalue weighted by Crippen LogP contribution is 2.46. The van der Waals surface area contributed by atoms with E-state index in [-0.39, 0.29) is 6.10 Å². The van der Waals surface area contributed by atoms with Crippen LogP contribution in [0.3, 0.4) is 0 Å². The monoisotopic (exact) mass is 362 g/mol. The molecule has 1 aliphatic carbocycles. The van der Waals surface area contributed by atoms with E-state index in [0.717, 1.165) is 34.8 Å². The predicted molar refractivity (Wildman–Crippen MR) is 112 cm³/mol. The van der Waals surface area contributed by atoms with Gasteiger partial charge in [0.15, 0.2) is 6.10 Å². The van der Waals surface area contributed by atoms with Crippen LogP contribution in [0, 0.1) is 0 Å². The minimum atomic E-state index is -0.187. The van der Waals surface area contributed by atoms with Gasteiger partial charge in [0.1, 0.15) is 17.2 Å². The lowest BCUT2D eigenvalue weighted by atomic mass is 9.92. The first-order valence-electron chi connectivity index (χ1n) is 9.62. The molecule has 0 unspecified atom stereocenters. The molecule has 2 aliphatic rings. The van der Waals surface area contributed by atoms with E-state index in [1.165, 1.54) is 21.9 Å². The molecule has 0 saturated carbocycles. The maximum Gasteiger partial charge on any atom is 0.156 e. The molecule has 2 heteroatoms. The lowest BCUT2D eigenvalue weighted by Gasteiger charge is -2.30. The number of benzene rings is 4. The lowest BCUT2D eigenvalue weighted by Crippen LogP contribution is -2.16. The average molecular weight is 362 g/mol. The smallest absolute Gasteiger partial charge is 0.156 e. The highest BCUT2D eigenvalue weighted by atomic mass is 16.5. The third-order valence-electron chi connectivity index (χ3n) is 5.63. The van der Waals surface area contributed by atoms with Crippen molar-refractivity contribution in [2.45, 2.75) is 12.5 Å². The van der Waals surface area contributed by atoms with Crippen molar-refractivity contribution in [1.82, 2.24) is 0 Å². The zero-order valence-electron chi connectivity index (χ0n) is 15.3. The highest BCUT2D eigenvalue weighted by molar-refractivity contribution is 5.96. The Morgan fingerprint density at radius 3 is 2.29 bits per heavy atom. The molecule has 0 spiro atoms. The number of hydrogen-bond acceptors (Lipinski definition) is 2. The molecule has 1 heterocycles. The molecule has 0 aromatic heterocycles. The second-order valence-corrected chi connectivity index (χ2v) is 7.27. The maximum atomic E-state index is 6.71. The van der Waals surface area contributed by atoms with Crippen molar-refractivity contribution in [2.24, 2.45) is 0 Å². The van der Waals surface area contributed by atoms with Gasteiger partial charge in [-0.15, -0.1) is 0 Å². The minimum absolute atomic E-state index is 0.187. The van der Waals surface area contributed by atoms with Gasteiger partial charge in [-0.1, -0.05) is 72.8 Å². The molecule has 0 N–H and O–H groups in total. The molecule has 6 rings (SSSR count). The zero-order chi connectivity index (χ0) is 18.5. The number of hydrogen-bond donors (Lipinski definition) is 0. The van der Waals surface area contributed by atoms with Gasteiger partial charge in [-0.3, -0.25) is 0 Å². The fourth-order valence-electron chi connectivity index (χ4n) is 4.34. The summed E-state index contributed by atoms with van der Waals surface area (Å²) in [5.74, 6) is 2.67. The SMILES string of the molecule is C1=Cc2cccc3ccc(OC4c5ccccc5Oc5ccccc54)c(c23)C1. The van der Waals surface area contributed by atoms with Gasteiger partial charge < -0.3 is 9.47 Å². The number of allylic oxidation sites excluding steroid dienone is 1. The van der Waals surface area contributed by atoms with Gasteiger partial charge in [0.05, 0.1) is 0 Å². The van der Waals surface area contributed by atoms with E-state index < -0.39 is 0 Å². The van der Waals surface area contributed by atoms with E-state index in [0.29, 0.717) is 0 Å². The molecule has 4 aromatic rings. The van der Waals surface area contributed by atoms with Crippen molar-refractivity contribution in [3.05, 3.63) is 107 Å². The maximum absolute atomic E-state index is 6.71. The summed E-state index contributed by atoms with van der Waals surface area (Å²) in [6.45, 7) is 0. The van der Waals surface area contributed by atoms with Gasteiger partial charge in [-0.05, 0) is 41.0 Å². The van der Waals surface area contributed by atoms with Crippen LogP contribution in [-0.4, -0.2) is 0 Å². The first-order valence-corrected chi connectivity index (χ1v) is 9.62. The van der Waals surface area contributed by atoms with Crippen LogP contribution in [0.2, 0.25) is 0 Å². The Balaban J connectivity index is 1.52. The Hall–Kier alpha value is -3.52. The number of para-hydroxylation sites is 2. The summed E-state index contributed by atoms with van der Waals surface area (Å²) >= 11 is 0. The third kappa shape index (κ3) is 2.28. The van der Waals surface area contributed by atoms with Crippen LogP contribution in [0.5, 0.6) is 17.2 Å². The van der Waals surface area contributed by atoms with Crippen molar-refractivity contribution in [3.8, 4) is 17.2 Å². The molecule has 134 valence electrons. The molecule has 0 fully saturated rings. The normalized spacial score (nSPS) is 14.3. The fraction of sp³-hybridized carbons (Fsp3) is 0.0769. The highest BCUT2D eigenvalue weighted by Gasteiger charge is 2.29. The topological polar surface area (TPSA) is 18.5 Å². The van der Waals surface area contributed by atoms with Crippen molar-refractivity contribution in [1.29, 1.82) is 0 Å². The van der Waals surface area contributed by atoms with Crippen LogP contribution < -0.4 is 9.47 Å². The lowest BCUT2D eigenvalue weighted by molar-refractivity contribution is 0.227. The fourth-order valence-corrected chi connectivity index (χ4v) is 4.34. The van der Waals surface area contributed by atoms with Crippen molar-refractivity contribution in [2.75, 3.05) is 0 Å². The Labute approximate surface area is 163 Å². The average Bonchev–Trinajstić information content (AvgIpc) is 2.75. The van der Waals surface area contributed by atoms with Gasteiger partial charge in [0.25, 0.3) is 0 Å². The number of rotatable bonds is 2. The molecule has 0 bridgehead atoms. The number of ether oxygens (including phenoxy) is 2. The van der Waals surface area contributed by atoms with Crippen molar-refractivity contribution < 1.29 is 9.47 Å². The second-order valence-electron chi connectivity index (χ2n) is 7.27. The molecule has 0 atom stereocenters. The van der Waals surface area contributed by atoms with Crippen LogP contribution in [-0.2, 0) is 6.42 Å². The zero-order valence-corrected chi connectivity index (χ0v) is 15.3.